The Bertz CT molecular complexity index is 628. The summed E-state index contributed by atoms with van der Waals surface area (Å²) in [4.78, 5) is 12.9. The van der Waals surface area contributed by atoms with Crippen LogP contribution in [0.2, 0.25) is 0 Å². The Hall–Kier alpha value is -1.15. The van der Waals surface area contributed by atoms with Crippen molar-refractivity contribution in [2.24, 2.45) is 11.3 Å². The highest BCUT2D eigenvalue weighted by Crippen LogP contribution is 2.51. The van der Waals surface area contributed by atoms with Crippen LogP contribution in [0.25, 0.3) is 0 Å². The van der Waals surface area contributed by atoms with Crippen molar-refractivity contribution in [2.75, 3.05) is 0 Å². The van der Waals surface area contributed by atoms with Crippen LogP contribution in [0.4, 0.5) is 0 Å². The fraction of sp³-hybridized carbons (Fsp3) is 0.389. The van der Waals surface area contributed by atoms with Crippen LogP contribution in [0.15, 0.2) is 47.0 Å². The molecule has 1 aromatic rings. The molecule has 1 nitrogen and oxygen atoms in total. The van der Waals surface area contributed by atoms with Crippen LogP contribution in [-0.2, 0) is 6.42 Å². The number of fused-ring (bicyclic) bond motifs is 1. The highest BCUT2D eigenvalue weighted by atomic mass is 79.9. The molecule has 1 fully saturated rings. The van der Waals surface area contributed by atoms with E-state index >= 15 is 0 Å². The zero-order chi connectivity index (χ0) is 14.5. The summed E-state index contributed by atoms with van der Waals surface area (Å²) in [6.45, 7) is 10.3. The summed E-state index contributed by atoms with van der Waals surface area (Å²) < 4.78 is 0.985. The molecule has 0 saturated heterocycles. The summed E-state index contributed by atoms with van der Waals surface area (Å²) in [5, 5.41) is 0. The maximum atomic E-state index is 12.9. The second-order valence-corrected chi connectivity index (χ2v) is 7.26. The van der Waals surface area contributed by atoms with E-state index in [4.69, 9.17) is 0 Å². The number of carbonyl (C=O) groups excluding carboxylic acids is 1. The minimum absolute atomic E-state index is 0.214. The topological polar surface area (TPSA) is 17.1 Å². The Kier molecular flexibility index (Phi) is 3.24. The van der Waals surface area contributed by atoms with E-state index in [0.29, 0.717) is 11.7 Å². The Morgan fingerprint density at radius 2 is 2.20 bits per heavy atom. The molecule has 0 radical (unpaired) electrons. The molecular weight excluding hydrogens is 312 g/mol. The second-order valence-electron chi connectivity index (χ2n) is 6.35. The first kappa shape index (κ1) is 13.8. The van der Waals surface area contributed by atoms with Crippen molar-refractivity contribution in [3.63, 3.8) is 0 Å². The van der Waals surface area contributed by atoms with Crippen LogP contribution in [0.1, 0.15) is 42.1 Å². The molecule has 0 amide bonds. The molecule has 0 N–H and O–H groups in total. The third kappa shape index (κ3) is 2.01. The van der Waals surface area contributed by atoms with Gasteiger partial charge in [0.2, 0.25) is 0 Å². The van der Waals surface area contributed by atoms with Gasteiger partial charge < -0.3 is 0 Å². The van der Waals surface area contributed by atoms with Crippen LogP contribution < -0.4 is 0 Å². The number of hydrogen-bond donors (Lipinski definition) is 0. The zero-order valence-electron chi connectivity index (χ0n) is 11.8. The van der Waals surface area contributed by atoms with E-state index in [0.717, 1.165) is 41.3 Å². The Morgan fingerprint density at radius 1 is 1.45 bits per heavy atom. The highest BCUT2D eigenvalue weighted by Gasteiger charge is 2.48. The van der Waals surface area contributed by atoms with Gasteiger partial charge in [-0.3, -0.25) is 4.79 Å². The average molecular weight is 331 g/mol. The van der Waals surface area contributed by atoms with E-state index in [2.05, 4.69) is 42.1 Å². The lowest BCUT2D eigenvalue weighted by molar-refractivity contribution is 0.0746. The van der Waals surface area contributed by atoms with E-state index < -0.39 is 0 Å². The molecule has 20 heavy (non-hydrogen) atoms. The fourth-order valence-electron chi connectivity index (χ4n) is 3.75. The van der Waals surface area contributed by atoms with Crippen LogP contribution in [0.3, 0.4) is 0 Å². The molecule has 2 heteroatoms. The Balaban J connectivity index is 1.98. The average Bonchev–Trinajstić information content (AvgIpc) is 2.66. The van der Waals surface area contributed by atoms with Crippen molar-refractivity contribution in [2.45, 2.75) is 32.6 Å². The van der Waals surface area contributed by atoms with Gasteiger partial charge in [-0.25, -0.2) is 0 Å². The third-order valence-corrected chi connectivity index (χ3v) is 5.43. The highest BCUT2D eigenvalue weighted by molar-refractivity contribution is 9.10. The smallest absolute Gasteiger partial charge is 0.169 e. The minimum atomic E-state index is -0.214. The molecule has 1 aromatic carbocycles. The number of rotatable bonds is 1. The molecule has 2 unspecified atom stereocenters. The van der Waals surface area contributed by atoms with Crippen LogP contribution in [-0.4, -0.2) is 5.78 Å². The largest absolute Gasteiger partial charge is 0.294 e. The van der Waals surface area contributed by atoms with Gasteiger partial charge >= 0.3 is 0 Å². The molecule has 0 bridgehead atoms. The lowest BCUT2D eigenvalue weighted by Crippen LogP contribution is -2.35. The van der Waals surface area contributed by atoms with E-state index in [1.165, 1.54) is 11.1 Å². The van der Waals surface area contributed by atoms with Crippen molar-refractivity contribution < 1.29 is 4.79 Å². The molecule has 0 aliphatic heterocycles. The first-order chi connectivity index (χ1) is 9.43. The Morgan fingerprint density at radius 3 is 2.90 bits per heavy atom. The number of allylic oxidation sites excluding steroid dienone is 2. The molecule has 0 heterocycles. The molecule has 2 atom stereocenters. The van der Waals surface area contributed by atoms with Gasteiger partial charge in [0.15, 0.2) is 5.78 Å². The number of ketones is 1. The van der Waals surface area contributed by atoms with Crippen molar-refractivity contribution >= 4 is 21.7 Å². The van der Waals surface area contributed by atoms with Crippen molar-refractivity contribution in [3.05, 3.63) is 58.1 Å². The van der Waals surface area contributed by atoms with E-state index in [9.17, 15) is 4.79 Å². The van der Waals surface area contributed by atoms with Crippen LogP contribution in [0, 0.1) is 11.3 Å². The number of Topliss-reactive ketones (excluding diaryl/α,β-unsaturated/α-hetero) is 1. The van der Waals surface area contributed by atoms with Gasteiger partial charge in [-0.1, -0.05) is 46.3 Å². The number of halogens is 1. The normalized spacial score (nSPS) is 28.8. The minimum Gasteiger partial charge on any atom is -0.294 e. The van der Waals surface area contributed by atoms with Crippen LogP contribution >= 0.6 is 15.9 Å². The zero-order valence-corrected chi connectivity index (χ0v) is 13.4. The van der Waals surface area contributed by atoms with Gasteiger partial charge in [0, 0.05) is 21.4 Å². The monoisotopic (exact) mass is 330 g/mol. The standard InChI is InChI=1S/C18H19BrO/c1-11(2)16-10-18(7-6-12(16)3)9-13-4-5-14(19)8-15(13)17(18)20/h4-5,8,16H,1,3,6-7,9-10H2,2H3. The van der Waals surface area contributed by atoms with Gasteiger partial charge in [0.1, 0.15) is 0 Å². The molecule has 1 spiro atoms. The van der Waals surface area contributed by atoms with E-state index in [1.54, 1.807) is 0 Å². The SMILES string of the molecule is C=C(C)C1CC2(CCC1=C)Cc1ccc(Br)cc1C2=O. The summed E-state index contributed by atoms with van der Waals surface area (Å²) in [6, 6.07) is 6.10. The quantitative estimate of drug-likeness (QED) is 0.654. The number of hydrogen-bond acceptors (Lipinski definition) is 1. The van der Waals surface area contributed by atoms with Crippen molar-refractivity contribution in [1.29, 1.82) is 0 Å². The number of benzene rings is 1. The molecular formula is C18H19BrO. The van der Waals surface area contributed by atoms with E-state index in [-0.39, 0.29) is 5.41 Å². The van der Waals surface area contributed by atoms with Crippen molar-refractivity contribution in [1.82, 2.24) is 0 Å². The third-order valence-electron chi connectivity index (χ3n) is 4.93. The summed E-state index contributed by atoms with van der Waals surface area (Å²) >= 11 is 3.47. The van der Waals surface area contributed by atoms with Crippen molar-refractivity contribution in [3.8, 4) is 0 Å². The predicted octanol–water partition coefficient (Wildman–Crippen LogP) is 5.11. The summed E-state index contributed by atoms with van der Waals surface area (Å²) in [5.41, 5.74) is 4.28. The van der Waals surface area contributed by atoms with Gasteiger partial charge in [0.25, 0.3) is 0 Å². The molecule has 3 rings (SSSR count). The van der Waals surface area contributed by atoms with Gasteiger partial charge in [-0.05, 0) is 50.3 Å². The van der Waals surface area contributed by atoms with E-state index in [1.807, 2.05) is 12.1 Å². The van der Waals surface area contributed by atoms with Gasteiger partial charge in [-0.15, -0.1) is 0 Å². The number of carbonyl (C=O) groups is 1. The maximum Gasteiger partial charge on any atom is 0.169 e. The molecule has 0 aromatic heterocycles. The molecule has 1 saturated carbocycles. The second kappa shape index (κ2) is 4.70. The van der Waals surface area contributed by atoms with Gasteiger partial charge in [-0.2, -0.15) is 0 Å². The molecule has 2 aliphatic rings. The summed E-state index contributed by atoms with van der Waals surface area (Å²) in [5.74, 6) is 0.623. The lowest BCUT2D eigenvalue weighted by Gasteiger charge is -2.38. The lowest BCUT2D eigenvalue weighted by atomic mass is 9.64. The Labute approximate surface area is 128 Å². The maximum absolute atomic E-state index is 12.9. The molecule has 2 aliphatic carbocycles. The first-order valence-electron chi connectivity index (χ1n) is 7.09. The summed E-state index contributed by atoms with van der Waals surface area (Å²) in [7, 11) is 0. The van der Waals surface area contributed by atoms with Crippen LogP contribution in [0.5, 0.6) is 0 Å². The molecule has 104 valence electrons. The predicted molar refractivity (Wildman–Crippen MR) is 85.9 cm³/mol. The first-order valence-corrected chi connectivity index (χ1v) is 7.88. The van der Waals surface area contributed by atoms with Gasteiger partial charge in [0.05, 0.1) is 0 Å². The fourth-order valence-corrected chi connectivity index (χ4v) is 4.11. The summed E-state index contributed by atoms with van der Waals surface area (Å²) in [6.07, 6.45) is 3.64.